The summed E-state index contributed by atoms with van der Waals surface area (Å²) in [5, 5.41) is 3.38. The maximum atomic E-state index is 12.8. The summed E-state index contributed by atoms with van der Waals surface area (Å²) in [5.74, 6) is 0.799. The van der Waals surface area contributed by atoms with E-state index in [4.69, 9.17) is 4.74 Å². The molecule has 1 unspecified atom stereocenters. The van der Waals surface area contributed by atoms with Gasteiger partial charge in [-0.3, -0.25) is 9.69 Å². The van der Waals surface area contributed by atoms with Gasteiger partial charge < -0.3 is 15.0 Å². The van der Waals surface area contributed by atoms with Crippen LogP contribution < -0.4 is 10.1 Å². The van der Waals surface area contributed by atoms with Gasteiger partial charge in [0, 0.05) is 49.8 Å². The molecular weight excluding hydrogens is 382 g/mol. The summed E-state index contributed by atoms with van der Waals surface area (Å²) in [6.07, 6.45) is 1.06. The Bertz CT molecular complexity index is 552. The van der Waals surface area contributed by atoms with Crippen molar-refractivity contribution < 1.29 is 9.53 Å². The molecule has 0 aliphatic carbocycles. The zero-order chi connectivity index (χ0) is 15.5. The van der Waals surface area contributed by atoms with Gasteiger partial charge in [-0.2, -0.15) is 0 Å². The Kier molecular flexibility index (Phi) is 6.71. The smallest absolute Gasteiger partial charge is 0.255 e. The van der Waals surface area contributed by atoms with E-state index in [0.717, 1.165) is 50.2 Å². The lowest BCUT2D eigenvalue weighted by Gasteiger charge is -2.32. The van der Waals surface area contributed by atoms with E-state index in [-0.39, 0.29) is 18.3 Å². The lowest BCUT2D eigenvalue weighted by molar-refractivity contribution is 0.0772. The first-order chi connectivity index (χ1) is 10.7. The molecule has 1 N–H and O–H groups in total. The van der Waals surface area contributed by atoms with Gasteiger partial charge in [-0.1, -0.05) is 0 Å². The molecule has 3 rings (SSSR count). The van der Waals surface area contributed by atoms with Crippen molar-refractivity contribution in [3.8, 4) is 5.75 Å². The molecular formula is C16H23BrClN3O2. The van der Waals surface area contributed by atoms with Gasteiger partial charge in [0.25, 0.3) is 5.91 Å². The molecule has 0 bridgehead atoms. The number of rotatable bonds is 3. The fraction of sp³-hybridized carbons (Fsp3) is 0.562. The normalized spacial score (nSPS) is 21.8. The van der Waals surface area contributed by atoms with E-state index in [1.807, 2.05) is 23.1 Å². The Morgan fingerprint density at radius 1 is 1.30 bits per heavy atom. The maximum absolute atomic E-state index is 12.8. The average Bonchev–Trinajstić information content (AvgIpc) is 3.05. The van der Waals surface area contributed by atoms with Gasteiger partial charge in [0.1, 0.15) is 5.75 Å². The topological polar surface area (TPSA) is 44.8 Å². The number of piperazine rings is 1. The molecule has 23 heavy (non-hydrogen) atoms. The first-order valence-corrected chi connectivity index (χ1v) is 8.56. The number of amides is 1. The Morgan fingerprint density at radius 3 is 2.74 bits per heavy atom. The largest absolute Gasteiger partial charge is 0.497 e. The van der Waals surface area contributed by atoms with Crippen LogP contribution in [0.1, 0.15) is 16.8 Å². The maximum Gasteiger partial charge on any atom is 0.255 e. The highest BCUT2D eigenvalue weighted by molar-refractivity contribution is 9.10. The zero-order valence-electron chi connectivity index (χ0n) is 13.3. The molecule has 128 valence electrons. The molecule has 2 aliphatic heterocycles. The van der Waals surface area contributed by atoms with Crippen LogP contribution in [-0.2, 0) is 0 Å². The number of halogens is 2. The SMILES string of the molecule is COc1ccc(Br)c(C(=O)N2CCC(N3CCNCC3)C2)c1.Cl. The van der Waals surface area contributed by atoms with Crippen LogP contribution >= 0.6 is 28.3 Å². The highest BCUT2D eigenvalue weighted by Crippen LogP contribution is 2.26. The minimum atomic E-state index is 0. The summed E-state index contributed by atoms with van der Waals surface area (Å²) in [5.41, 5.74) is 0.681. The second kappa shape index (κ2) is 8.33. The summed E-state index contributed by atoms with van der Waals surface area (Å²) in [6.45, 7) is 5.91. The summed E-state index contributed by atoms with van der Waals surface area (Å²) in [7, 11) is 1.62. The lowest BCUT2D eigenvalue weighted by atomic mass is 10.2. The van der Waals surface area contributed by atoms with Gasteiger partial charge in [-0.25, -0.2) is 0 Å². The number of ether oxygens (including phenoxy) is 1. The average molecular weight is 405 g/mol. The molecule has 2 heterocycles. The molecule has 2 fully saturated rings. The highest BCUT2D eigenvalue weighted by atomic mass is 79.9. The Morgan fingerprint density at radius 2 is 2.04 bits per heavy atom. The third-order valence-corrected chi connectivity index (χ3v) is 5.21. The monoisotopic (exact) mass is 403 g/mol. The molecule has 5 nitrogen and oxygen atoms in total. The fourth-order valence-electron chi connectivity index (χ4n) is 3.24. The first-order valence-electron chi connectivity index (χ1n) is 7.76. The number of benzene rings is 1. The van der Waals surface area contributed by atoms with Gasteiger partial charge in [-0.05, 0) is 40.5 Å². The number of likely N-dealkylation sites (tertiary alicyclic amines) is 1. The van der Waals surface area contributed by atoms with E-state index in [2.05, 4.69) is 26.1 Å². The van der Waals surface area contributed by atoms with Gasteiger partial charge in [0.05, 0.1) is 12.7 Å². The van der Waals surface area contributed by atoms with Crippen molar-refractivity contribution >= 4 is 34.2 Å². The number of hydrogen-bond donors (Lipinski definition) is 1. The van der Waals surface area contributed by atoms with Crippen LogP contribution in [-0.4, -0.2) is 68.1 Å². The molecule has 0 aromatic heterocycles. The van der Waals surface area contributed by atoms with Gasteiger partial charge >= 0.3 is 0 Å². The van der Waals surface area contributed by atoms with Crippen molar-refractivity contribution in [2.45, 2.75) is 12.5 Å². The quantitative estimate of drug-likeness (QED) is 0.837. The van der Waals surface area contributed by atoms with Crippen LogP contribution in [0.5, 0.6) is 5.75 Å². The molecule has 0 radical (unpaired) electrons. The molecule has 1 aromatic carbocycles. The minimum Gasteiger partial charge on any atom is -0.497 e. The number of nitrogens with zero attached hydrogens (tertiary/aromatic N) is 2. The Hall–Kier alpha value is -0.820. The molecule has 2 saturated heterocycles. The molecule has 1 amide bonds. The Labute approximate surface area is 151 Å². The Balaban J connectivity index is 0.00000192. The molecule has 1 atom stereocenters. The summed E-state index contributed by atoms with van der Waals surface area (Å²) < 4.78 is 6.06. The number of carbonyl (C=O) groups is 1. The molecule has 7 heteroatoms. The van der Waals surface area contributed by atoms with Crippen LogP contribution in [0.2, 0.25) is 0 Å². The van der Waals surface area contributed by atoms with E-state index < -0.39 is 0 Å². The fourth-order valence-corrected chi connectivity index (χ4v) is 3.65. The summed E-state index contributed by atoms with van der Waals surface area (Å²) >= 11 is 3.48. The van der Waals surface area contributed by atoms with Crippen LogP contribution in [0.25, 0.3) is 0 Å². The molecule has 0 saturated carbocycles. The van der Waals surface area contributed by atoms with E-state index in [0.29, 0.717) is 17.4 Å². The van der Waals surface area contributed by atoms with E-state index in [1.165, 1.54) is 0 Å². The zero-order valence-corrected chi connectivity index (χ0v) is 15.7. The van der Waals surface area contributed by atoms with Crippen molar-refractivity contribution in [3.63, 3.8) is 0 Å². The second-order valence-corrected chi connectivity index (χ2v) is 6.68. The van der Waals surface area contributed by atoms with Crippen LogP contribution in [0.3, 0.4) is 0 Å². The summed E-state index contributed by atoms with van der Waals surface area (Å²) in [6, 6.07) is 6.03. The van der Waals surface area contributed by atoms with Gasteiger partial charge in [-0.15, -0.1) is 12.4 Å². The number of hydrogen-bond acceptors (Lipinski definition) is 4. The molecule has 2 aliphatic rings. The van der Waals surface area contributed by atoms with Crippen molar-refractivity contribution in [2.75, 3.05) is 46.4 Å². The van der Waals surface area contributed by atoms with Crippen LogP contribution in [0.4, 0.5) is 0 Å². The lowest BCUT2D eigenvalue weighted by Crippen LogP contribution is -2.49. The second-order valence-electron chi connectivity index (χ2n) is 5.83. The number of nitrogens with one attached hydrogen (secondary N) is 1. The van der Waals surface area contributed by atoms with E-state index in [1.54, 1.807) is 7.11 Å². The van der Waals surface area contributed by atoms with Gasteiger partial charge in [0.2, 0.25) is 0 Å². The van der Waals surface area contributed by atoms with Crippen LogP contribution in [0, 0.1) is 0 Å². The van der Waals surface area contributed by atoms with E-state index >= 15 is 0 Å². The number of carbonyl (C=O) groups excluding carboxylic acids is 1. The molecule has 1 aromatic rings. The van der Waals surface area contributed by atoms with Crippen molar-refractivity contribution in [3.05, 3.63) is 28.2 Å². The van der Waals surface area contributed by atoms with Crippen LogP contribution in [0.15, 0.2) is 22.7 Å². The van der Waals surface area contributed by atoms with E-state index in [9.17, 15) is 4.79 Å². The predicted molar refractivity (Wildman–Crippen MR) is 96.7 cm³/mol. The summed E-state index contributed by atoms with van der Waals surface area (Å²) in [4.78, 5) is 17.2. The van der Waals surface area contributed by atoms with Crippen molar-refractivity contribution in [1.29, 1.82) is 0 Å². The first kappa shape index (κ1) is 18.5. The third kappa shape index (κ3) is 4.18. The van der Waals surface area contributed by atoms with Crippen molar-refractivity contribution in [1.82, 2.24) is 15.1 Å². The van der Waals surface area contributed by atoms with Crippen molar-refractivity contribution in [2.24, 2.45) is 0 Å². The minimum absolute atomic E-state index is 0. The predicted octanol–water partition coefficient (Wildman–Crippen LogP) is 2.00. The third-order valence-electron chi connectivity index (χ3n) is 4.52. The van der Waals surface area contributed by atoms with Gasteiger partial charge in [0.15, 0.2) is 0 Å². The number of methoxy groups -OCH3 is 1. The molecule has 0 spiro atoms. The standard InChI is InChI=1S/C16H22BrN3O2.ClH/c1-22-13-2-3-15(17)14(10-13)16(21)20-7-4-12(11-20)19-8-5-18-6-9-19;/h2-3,10,12,18H,4-9,11H2,1H3;1H. The highest BCUT2D eigenvalue weighted by Gasteiger charge is 2.32.